The van der Waals surface area contributed by atoms with E-state index in [1.54, 1.807) is 7.05 Å². The number of ether oxygens (including phenoxy) is 1. The second-order valence-corrected chi connectivity index (χ2v) is 7.05. The molecule has 0 amide bonds. The van der Waals surface area contributed by atoms with Crippen molar-refractivity contribution >= 4 is 29.9 Å². The van der Waals surface area contributed by atoms with Gasteiger partial charge in [-0.2, -0.15) is 5.26 Å². The molecule has 27 heavy (non-hydrogen) atoms. The average Bonchev–Trinajstić information content (AvgIpc) is 2.68. The van der Waals surface area contributed by atoms with Crippen LogP contribution >= 0.6 is 24.0 Å². The molecule has 0 radical (unpaired) electrons. The smallest absolute Gasteiger partial charge is 0.191 e. The Morgan fingerprint density at radius 2 is 1.89 bits per heavy atom. The number of hydrogen-bond acceptors (Lipinski definition) is 4. The predicted molar refractivity (Wildman–Crippen MR) is 120 cm³/mol. The number of nitriles is 1. The molecule has 0 aromatic heterocycles. The van der Waals surface area contributed by atoms with Gasteiger partial charge in [0.2, 0.25) is 0 Å². The predicted octanol–water partition coefficient (Wildman–Crippen LogP) is 2.59. The number of rotatable bonds is 7. The Hall–Kier alpha value is -1.37. The van der Waals surface area contributed by atoms with Crippen LogP contribution in [0.15, 0.2) is 29.3 Å². The zero-order valence-corrected chi connectivity index (χ0v) is 18.9. The number of nitrogens with one attached hydrogen (secondary N) is 2. The molecule has 2 N–H and O–H groups in total. The Morgan fingerprint density at radius 3 is 2.44 bits per heavy atom. The van der Waals surface area contributed by atoms with Crippen LogP contribution in [0.25, 0.3) is 0 Å². The van der Waals surface area contributed by atoms with E-state index in [0.717, 1.165) is 50.8 Å². The third kappa shape index (κ3) is 8.45. The standard InChI is InChI=1S/C20H31N5O.HI/c1-16(2)12-19(25-8-10-26-11-9-25)15-24-20(22-3)23-14-18-6-4-17(13-21)5-7-18;/h4-7,16,19H,8-12,14-15H2,1-3H3,(H2,22,23,24);1H. The van der Waals surface area contributed by atoms with Crippen LogP contribution < -0.4 is 10.6 Å². The minimum atomic E-state index is 0. The van der Waals surface area contributed by atoms with Crippen molar-refractivity contribution in [2.45, 2.75) is 32.9 Å². The highest BCUT2D eigenvalue weighted by molar-refractivity contribution is 14.0. The van der Waals surface area contributed by atoms with E-state index in [1.807, 2.05) is 24.3 Å². The van der Waals surface area contributed by atoms with Gasteiger partial charge in [-0.3, -0.25) is 9.89 Å². The lowest BCUT2D eigenvalue weighted by atomic mass is 10.0. The van der Waals surface area contributed by atoms with Crippen molar-refractivity contribution in [2.75, 3.05) is 39.9 Å². The number of nitrogens with zero attached hydrogens (tertiary/aromatic N) is 3. The maximum atomic E-state index is 8.87. The summed E-state index contributed by atoms with van der Waals surface area (Å²) < 4.78 is 5.49. The summed E-state index contributed by atoms with van der Waals surface area (Å²) in [6, 6.07) is 10.2. The monoisotopic (exact) mass is 485 g/mol. The first-order chi connectivity index (χ1) is 12.6. The fraction of sp³-hybridized carbons (Fsp3) is 0.600. The summed E-state index contributed by atoms with van der Waals surface area (Å²) >= 11 is 0. The Labute approximate surface area is 180 Å². The number of guanidine groups is 1. The van der Waals surface area contributed by atoms with Crippen molar-refractivity contribution in [3.63, 3.8) is 0 Å². The van der Waals surface area contributed by atoms with Crippen molar-refractivity contribution in [2.24, 2.45) is 10.9 Å². The molecule has 1 aliphatic rings. The van der Waals surface area contributed by atoms with Crippen LogP contribution in [0.4, 0.5) is 0 Å². The van der Waals surface area contributed by atoms with Crippen LogP contribution in [0.3, 0.4) is 0 Å². The Balaban J connectivity index is 0.00000364. The molecule has 2 rings (SSSR count). The molecule has 1 aliphatic heterocycles. The average molecular weight is 485 g/mol. The summed E-state index contributed by atoms with van der Waals surface area (Å²) in [6.45, 7) is 9.72. The quantitative estimate of drug-likeness (QED) is 0.353. The molecule has 0 bridgehead atoms. The normalized spacial score (nSPS) is 16.3. The molecule has 1 atom stereocenters. The molecule has 1 heterocycles. The Morgan fingerprint density at radius 1 is 1.22 bits per heavy atom. The van der Waals surface area contributed by atoms with Crippen molar-refractivity contribution in [1.29, 1.82) is 5.26 Å². The van der Waals surface area contributed by atoms with E-state index in [9.17, 15) is 0 Å². The van der Waals surface area contributed by atoms with E-state index < -0.39 is 0 Å². The summed E-state index contributed by atoms with van der Waals surface area (Å²) in [5.74, 6) is 1.45. The lowest BCUT2D eigenvalue weighted by molar-refractivity contribution is 0.0132. The molecule has 1 fully saturated rings. The third-order valence-corrected chi connectivity index (χ3v) is 4.58. The van der Waals surface area contributed by atoms with Gasteiger partial charge in [-0.25, -0.2) is 0 Å². The van der Waals surface area contributed by atoms with Crippen LogP contribution in [-0.2, 0) is 11.3 Å². The number of hydrogen-bond donors (Lipinski definition) is 2. The first kappa shape index (κ1) is 23.7. The molecule has 0 saturated carbocycles. The SMILES string of the molecule is CN=C(NCc1ccc(C#N)cc1)NCC(CC(C)C)N1CCOCC1.I. The summed E-state index contributed by atoms with van der Waals surface area (Å²) in [5, 5.41) is 15.7. The number of aliphatic imine (C=N–C) groups is 1. The van der Waals surface area contributed by atoms with Gasteiger partial charge < -0.3 is 15.4 Å². The van der Waals surface area contributed by atoms with Crippen LogP contribution in [-0.4, -0.2) is 56.8 Å². The van der Waals surface area contributed by atoms with Gasteiger partial charge in [0.15, 0.2) is 5.96 Å². The van der Waals surface area contributed by atoms with E-state index >= 15 is 0 Å². The number of morpholine rings is 1. The highest BCUT2D eigenvalue weighted by Gasteiger charge is 2.22. The zero-order valence-electron chi connectivity index (χ0n) is 16.6. The molecule has 1 aromatic carbocycles. The molecule has 150 valence electrons. The summed E-state index contributed by atoms with van der Waals surface area (Å²) in [7, 11) is 1.79. The Kier molecular flexibility index (Phi) is 11.3. The zero-order chi connectivity index (χ0) is 18.8. The van der Waals surface area contributed by atoms with Gasteiger partial charge >= 0.3 is 0 Å². The van der Waals surface area contributed by atoms with Crippen molar-refractivity contribution in [3.8, 4) is 6.07 Å². The summed E-state index contributed by atoms with van der Waals surface area (Å²) in [6.07, 6.45) is 1.15. The van der Waals surface area contributed by atoms with E-state index in [2.05, 4.69) is 40.4 Å². The van der Waals surface area contributed by atoms with Crippen molar-refractivity contribution in [1.82, 2.24) is 15.5 Å². The number of benzene rings is 1. The van der Waals surface area contributed by atoms with Crippen LogP contribution in [0.5, 0.6) is 0 Å². The van der Waals surface area contributed by atoms with Crippen LogP contribution in [0, 0.1) is 17.2 Å². The van der Waals surface area contributed by atoms with Gasteiger partial charge in [0.25, 0.3) is 0 Å². The van der Waals surface area contributed by atoms with Crippen LogP contribution in [0.2, 0.25) is 0 Å². The molecule has 0 spiro atoms. The maximum Gasteiger partial charge on any atom is 0.191 e. The summed E-state index contributed by atoms with van der Waals surface area (Å²) in [4.78, 5) is 6.85. The van der Waals surface area contributed by atoms with Gasteiger partial charge in [0.1, 0.15) is 0 Å². The van der Waals surface area contributed by atoms with Gasteiger partial charge in [0.05, 0.1) is 24.8 Å². The molecule has 1 saturated heterocycles. The van der Waals surface area contributed by atoms with E-state index in [-0.39, 0.29) is 24.0 Å². The molecular formula is C20H32IN5O. The fourth-order valence-corrected chi connectivity index (χ4v) is 3.17. The molecule has 6 nitrogen and oxygen atoms in total. The fourth-order valence-electron chi connectivity index (χ4n) is 3.17. The van der Waals surface area contributed by atoms with Crippen molar-refractivity contribution < 1.29 is 4.74 Å². The summed E-state index contributed by atoms with van der Waals surface area (Å²) in [5.41, 5.74) is 1.80. The van der Waals surface area contributed by atoms with Gasteiger partial charge in [0, 0.05) is 39.3 Å². The number of halogens is 1. The largest absolute Gasteiger partial charge is 0.379 e. The second-order valence-electron chi connectivity index (χ2n) is 7.05. The molecular weight excluding hydrogens is 453 g/mol. The lowest BCUT2D eigenvalue weighted by Crippen LogP contribution is -2.50. The molecule has 1 unspecified atom stereocenters. The van der Waals surface area contributed by atoms with Crippen molar-refractivity contribution in [3.05, 3.63) is 35.4 Å². The highest BCUT2D eigenvalue weighted by Crippen LogP contribution is 2.13. The second kappa shape index (κ2) is 12.9. The first-order valence-electron chi connectivity index (χ1n) is 9.37. The van der Waals surface area contributed by atoms with Crippen LogP contribution in [0.1, 0.15) is 31.4 Å². The highest BCUT2D eigenvalue weighted by atomic mass is 127. The molecule has 0 aliphatic carbocycles. The van der Waals surface area contributed by atoms with Gasteiger partial charge in [-0.15, -0.1) is 24.0 Å². The van der Waals surface area contributed by atoms with E-state index in [0.29, 0.717) is 24.1 Å². The van der Waals surface area contributed by atoms with Gasteiger partial charge in [-0.1, -0.05) is 26.0 Å². The first-order valence-corrected chi connectivity index (χ1v) is 9.37. The minimum Gasteiger partial charge on any atom is -0.379 e. The Bertz CT molecular complexity index is 606. The van der Waals surface area contributed by atoms with E-state index in [1.165, 1.54) is 0 Å². The minimum absolute atomic E-state index is 0. The third-order valence-electron chi connectivity index (χ3n) is 4.58. The topological polar surface area (TPSA) is 72.7 Å². The maximum absolute atomic E-state index is 8.87. The van der Waals surface area contributed by atoms with E-state index in [4.69, 9.17) is 10.00 Å². The molecule has 1 aromatic rings. The molecule has 7 heteroatoms. The lowest BCUT2D eigenvalue weighted by Gasteiger charge is -2.35. The van der Waals surface area contributed by atoms with Gasteiger partial charge in [-0.05, 0) is 30.0 Å².